The van der Waals surface area contributed by atoms with Crippen LogP contribution in [0, 0.1) is 5.92 Å². The second-order valence-corrected chi connectivity index (χ2v) is 8.92. The minimum absolute atomic E-state index is 0.0378. The van der Waals surface area contributed by atoms with E-state index in [1.54, 1.807) is 47.4 Å². The molecule has 5 rings (SSSR count). The Morgan fingerprint density at radius 1 is 0.972 bits per heavy atom. The lowest BCUT2D eigenvalue weighted by Gasteiger charge is -2.31. The molecule has 184 valence electrons. The van der Waals surface area contributed by atoms with Crippen LogP contribution in [-0.4, -0.2) is 53.1 Å². The minimum atomic E-state index is -0.895. The summed E-state index contributed by atoms with van der Waals surface area (Å²) in [6.07, 6.45) is 1.19. The monoisotopic (exact) mass is 487 g/mol. The molecule has 3 aromatic carbocycles. The lowest BCUT2D eigenvalue weighted by Crippen LogP contribution is -2.42. The van der Waals surface area contributed by atoms with Crippen LogP contribution in [0.1, 0.15) is 33.6 Å². The molecule has 2 aliphatic heterocycles. The molecule has 2 amide bonds. The van der Waals surface area contributed by atoms with Gasteiger partial charge in [0.05, 0.1) is 35.7 Å². The Labute approximate surface area is 207 Å². The summed E-state index contributed by atoms with van der Waals surface area (Å²) in [5.74, 6) is -1.66. The summed E-state index contributed by atoms with van der Waals surface area (Å²) >= 11 is 0. The number of aromatic hydroxyl groups is 1. The molecule has 0 saturated carbocycles. The molecule has 3 aromatic rings. The van der Waals surface area contributed by atoms with Gasteiger partial charge in [-0.15, -0.1) is 0 Å². The molecule has 0 bridgehead atoms. The predicted molar refractivity (Wildman–Crippen MR) is 134 cm³/mol. The highest BCUT2D eigenvalue weighted by molar-refractivity contribution is 6.13. The van der Waals surface area contributed by atoms with Crippen molar-refractivity contribution in [2.75, 3.05) is 30.8 Å². The number of carbonyl (C=O) groups is 3. The zero-order valence-corrected chi connectivity index (χ0v) is 19.6. The molecule has 1 fully saturated rings. The van der Waals surface area contributed by atoms with Gasteiger partial charge in [0.25, 0.3) is 11.8 Å². The Bertz CT molecular complexity index is 1390. The largest absolute Gasteiger partial charge is 0.504 e. The number of rotatable bonds is 4. The number of methoxy groups -OCH3 is 1. The summed E-state index contributed by atoms with van der Waals surface area (Å²) in [6.45, 7) is 0.673. The van der Waals surface area contributed by atoms with Gasteiger partial charge >= 0.3 is 5.97 Å². The van der Waals surface area contributed by atoms with Crippen LogP contribution in [0.4, 0.5) is 17.1 Å². The third kappa shape index (κ3) is 4.31. The molecule has 2 aliphatic rings. The van der Waals surface area contributed by atoms with Crippen molar-refractivity contribution in [1.82, 2.24) is 4.90 Å². The van der Waals surface area contributed by atoms with Crippen molar-refractivity contribution < 1.29 is 29.3 Å². The van der Waals surface area contributed by atoms with Gasteiger partial charge in [-0.05, 0) is 66.4 Å². The number of phenols is 1. The maximum absolute atomic E-state index is 13.1. The van der Waals surface area contributed by atoms with E-state index in [4.69, 9.17) is 4.74 Å². The van der Waals surface area contributed by atoms with Crippen molar-refractivity contribution in [3.8, 4) is 22.6 Å². The van der Waals surface area contributed by atoms with E-state index in [0.29, 0.717) is 53.3 Å². The van der Waals surface area contributed by atoms with Crippen LogP contribution in [0.2, 0.25) is 0 Å². The van der Waals surface area contributed by atoms with E-state index in [9.17, 15) is 24.6 Å². The number of amides is 2. The van der Waals surface area contributed by atoms with Crippen LogP contribution >= 0.6 is 0 Å². The number of anilines is 3. The Kier molecular flexibility index (Phi) is 5.97. The van der Waals surface area contributed by atoms with Gasteiger partial charge in [0.2, 0.25) is 0 Å². The average Bonchev–Trinajstić information content (AvgIpc) is 3.03. The summed E-state index contributed by atoms with van der Waals surface area (Å²) in [7, 11) is 1.48. The molecule has 0 spiro atoms. The zero-order valence-electron chi connectivity index (χ0n) is 19.6. The number of hydrogen-bond acceptors (Lipinski definition) is 6. The normalized spacial score (nSPS) is 16.6. The van der Waals surface area contributed by atoms with Gasteiger partial charge in [0, 0.05) is 18.7 Å². The number of nitrogens with one attached hydrogen (secondary N) is 2. The Balaban J connectivity index is 1.43. The van der Waals surface area contributed by atoms with Crippen LogP contribution in [-0.2, 0) is 4.79 Å². The van der Waals surface area contributed by atoms with Crippen molar-refractivity contribution in [1.29, 1.82) is 0 Å². The molecule has 4 N–H and O–H groups in total. The number of piperidine rings is 1. The molecular weight excluding hydrogens is 462 g/mol. The van der Waals surface area contributed by atoms with E-state index in [1.807, 2.05) is 12.1 Å². The molecule has 9 nitrogen and oxygen atoms in total. The summed E-state index contributed by atoms with van der Waals surface area (Å²) < 4.78 is 5.21. The number of benzene rings is 3. The molecule has 1 unspecified atom stereocenters. The number of carboxylic acids is 1. The molecule has 36 heavy (non-hydrogen) atoms. The lowest BCUT2D eigenvalue weighted by atomic mass is 9.97. The van der Waals surface area contributed by atoms with Gasteiger partial charge in [-0.1, -0.05) is 12.1 Å². The van der Waals surface area contributed by atoms with E-state index in [1.165, 1.54) is 7.11 Å². The summed E-state index contributed by atoms with van der Waals surface area (Å²) in [5, 5.41) is 25.4. The topological polar surface area (TPSA) is 128 Å². The number of carboxylic acid groups (broad SMARTS) is 1. The predicted octanol–water partition coefficient (Wildman–Crippen LogP) is 4.31. The van der Waals surface area contributed by atoms with Crippen molar-refractivity contribution in [2.45, 2.75) is 12.8 Å². The summed E-state index contributed by atoms with van der Waals surface area (Å²) in [5.41, 5.74) is 4.12. The van der Waals surface area contributed by atoms with Crippen molar-refractivity contribution in [3.05, 3.63) is 65.7 Å². The Morgan fingerprint density at radius 2 is 1.75 bits per heavy atom. The minimum Gasteiger partial charge on any atom is -0.504 e. The van der Waals surface area contributed by atoms with Gasteiger partial charge in [-0.2, -0.15) is 0 Å². The molecule has 0 radical (unpaired) electrons. The molecule has 0 aliphatic carbocycles. The fourth-order valence-corrected chi connectivity index (χ4v) is 4.65. The van der Waals surface area contributed by atoms with Gasteiger partial charge in [-0.3, -0.25) is 14.4 Å². The number of nitrogens with zero attached hydrogens (tertiary/aromatic N) is 1. The van der Waals surface area contributed by atoms with Crippen molar-refractivity contribution in [2.24, 2.45) is 5.92 Å². The van der Waals surface area contributed by atoms with E-state index in [-0.39, 0.29) is 24.1 Å². The Hall–Kier alpha value is -4.53. The standard InChI is InChI=1S/C27H25N3O6/c1-36-24-13-16(6-9-23(24)31)15-4-7-19-21(11-15)28-20-8-5-17(12-22(20)29-25(19)32)26(33)30-10-2-3-18(14-30)27(34)35/h4-9,11-13,18,28,31H,2-3,10,14H2,1H3,(H,29,32)(H,34,35). The maximum atomic E-state index is 13.1. The summed E-state index contributed by atoms with van der Waals surface area (Å²) in [6, 6.07) is 15.4. The molecular formula is C27H25N3O6. The van der Waals surface area contributed by atoms with Gasteiger partial charge in [0.1, 0.15) is 0 Å². The first-order chi connectivity index (χ1) is 17.3. The Morgan fingerprint density at radius 3 is 2.53 bits per heavy atom. The number of hydrogen-bond donors (Lipinski definition) is 4. The second kappa shape index (κ2) is 9.26. The number of ether oxygens (including phenoxy) is 1. The SMILES string of the molecule is COc1cc(-c2ccc3c(c2)Nc2ccc(C(=O)N4CCCC(C(=O)O)C4)cc2NC3=O)ccc1O. The molecule has 1 saturated heterocycles. The number of fused-ring (bicyclic) bond motifs is 2. The van der Waals surface area contributed by atoms with Gasteiger partial charge < -0.3 is 30.5 Å². The van der Waals surface area contributed by atoms with Crippen molar-refractivity contribution >= 4 is 34.8 Å². The zero-order chi connectivity index (χ0) is 25.4. The van der Waals surface area contributed by atoms with Gasteiger partial charge in [0.15, 0.2) is 11.5 Å². The first kappa shape index (κ1) is 23.2. The number of aliphatic carboxylic acids is 1. The average molecular weight is 488 g/mol. The third-order valence-corrected chi connectivity index (χ3v) is 6.62. The second-order valence-electron chi connectivity index (χ2n) is 8.92. The van der Waals surface area contributed by atoms with E-state index in [0.717, 1.165) is 11.1 Å². The molecule has 1 atom stereocenters. The van der Waals surface area contributed by atoms with Crippen LogP contribution in [0.5, 0.6) is 11.5 Å². The smallest absolute Gasteiger partial charge is 0.308 e. The number of likely N-dealkylation sites (tertiary alicyclic amines) is 1. The lowest BCUT2D eigenvalue weighted by molar-refractivity contribution is -0.143. The first-order valence-corrected chi connectivity index (χ1v) is 11.6. The molecule has 0 aromatic heterocycles. The van der Waals surface area contributed by atoms with Crippen LogP contribution in [0.15, 0.2) is 54.6 Å². The fourth-order valence-electron chi connectivity index (χ4n) is 4.65. The van der Waals surface area contributed by atoms with Gasteiger partial charge in [-0.25, -0.2) is 0 Å². The van der Waals surface area contributed by atoms with Crippen LogP contribution in [0.25, 0.3) is 11.1 Å². The molecule has 2 heterocycles. The van der Waals surface area contributed by atoms with Crippen LogP contribution < -0.4 is 15.4 Å². The quantitative estimate of drug-likeness (QED) is 0.432. The number of phenolic OH excluding ortho intramolecular Hbond substituents is 1. The van der Waals surface area contributed by atoms with E-state index < -0.39 is 11.9 Å². The van der Waals surface area contributed by atoms with Crippen LogP contribution in [0.3, 0.4) is 0 Å². The summed E-state index contributed by atoms with van der Waals surface area (Å²) in [4.78, 5) is 39.0. The first-order valence-electron chi connectivity index (χ1n) is 11.6. The highest BCUT2D eigenvalue weighted by Gasteiger charge is 2.29. The van der Waals surface area contributed by atoms with E-state index >= 15 is 0 Å². The van der Waals surface area contributed by atoms with E-state index in [2.05, 4.69) is 10.6 Å². The van der Waals surface area contributed by atoms with Crippen molar-refractivity contribution in [3.63, 3.8) is 0 Å². The highest BCUT2D eigenvalue weighted by Crippen LogP contribution is 2.37. The number of carbonyl (C=O) groups excluding carboxylic acids is 2. The maximum Gasteiger partial charge on any atom is 0.308 e. The highest BCUT2D eigenvalue weighted by atomic mass is 16.5. The third-order valence-electron chi connectivity index (χ3n) is 6.62. The fraction of sp³-hybridized carbons (Fsp3) is 0.222. The molecule has 9 heteroatoms.